The summed E-state index contributed by atoms with van der Waals surface area (Å²) >= 11 is 0. The Bertz CT molecular complexity index is 74.4. The number of nitrogens with one attached hydrogen (secondary N) is 1. The summed E-state index contributed by atoms with van der Waals surface area (Å²) in [5, 5.41) is 7.96. The fourth-order valence-corrected chi connectivity index (χ4v) is 0.262. The maximum atomic E-state index is 9.69. The number of aliphatic carboxylic acids is 1. The van der Waals surface area contributed by atoms with E-state index in [0.29, 0.717) is 0 Å². The Morgan fingerprint density at radius 2 is 2.25 bits per heavy atom. The number of carboxylic acid groups (broad SMARTS) is 1. The average molecular weight is 191 g/mol. The standard InChI is InChI=1S/C4H8NO2.Y/c1-3(5)2-4(6)7;/h3,5H,2H2,1H3,(H,6,7);/q-1;. The van der Waals surface area contributed by atoms with Gasteiger partial charge in [0.15, 0.2) is 0 Å². The minimum Gasteiger partial charge on any atom is -0.674 e. The van der Waals surface area contributed by atoms with E-state index in [1.54, 1.807) is 6.92 Å². The van der Waals surface area contributed by atoms with Gasteiger partial charge in [0.2, 0.25) is 0 Å². The van der Waals surface area contributed by atoms with E-state index >= 15 is 0 Å². The van der Waals surface area contributed by atoms with E-state index in [4.69, 9.17) is 10.8 Å². The number of carboxylic acids is 1. The summed E-state index contributed by atoms with van der Waals surface area (Å²) in [6.07, 6.45) is -0.0556. The zero-order chi connectivity index (χ0) is 5.86. The minimum absolute atomic E-state index is 0. The van der Waals surface area contributed by atoms with Gasteiger partial charge in [-0.15, -0.1) is 6.04 Å². The third kappa shape index (κ3) is 9.73. The van der Waals surface area contributed by atoms with E-state index in [2.05, 4.69) is 0 Å². The molecule has 45 valence electrons. The van der Waals surface area contributed by atoms with Gasteiger partial charge in [-0.1, -0.05) is 6.92 Å². The van der Waals surface area contributed by atoms with Crippen LogP contribution in [0.15, 0.2) is 0 Å². The molecule has 0 fully saturated rings. The van der Waals surface area contributed by atoms with Crippen LogP contribution in [0.25, 0.3) is 5.73 Å². The largest absolute Gasteiger partial charge is 0.674 e. The summed E-state index contributed by atoms with van der Waals surface area (Å²) in [5.74, 6) is -0.900. The first kappa shape index (κ1) is 11.3. The maximum Gasteiger partial charge on any atom is 0.301 e. The first-order chi connectivity index (χ1) is 3.13. The van der Waals surface area contributed by atoms with Gasteiger partial charge in [0, 0.05) is 39.1 Å². The molecule has 4 heteroatoms. The topological polar surface area (TPSA) is 61.1 Å². The van der Waals surface area contributed by atoms with Crippen LogP contribution in [0.2, 0.25) is 0 Å². The summed E-state index contributed by atoms with van der Waals surface area (Å²) in [4.78, 5) is 9.69. The summed E-state index contributed by atoms with van der Waals surface area (Å²) < 4.78 is 0. The molecule has 0 spiro atoms. The van der Waals surface area contributed by atoms with Crippen molar-refractivity contribution in [2.75, 3.05) is 0 Å². The predicted molar refractivity (Wildman–Crippen MR) is 26.0 cm³/mol. The number of hydrogen-bond donors (Lipinski definition) is 1. The maximum absolute atomic E-state index is 9.69. The molecular formula is C4H8NO2Y-. The van der Waals surface area contributed by atoms with Crippen molar-refractivity contribution in [3.63, 3.8) is 0 Å². The average Bonchev–Trinajstić information content (AvgIpc) is 1.27. The molecule has 1 unspecified atom stereocenters. The van der Waals surface area contributed by atoms with Gasteiger partial charge in [0.25, 0.3) is 0 Å². The van der Waals surface area contributed by atoms with Gasteiger partial charge >= 0.3 is 5.97 Å². The Hall–Kier alpha value is 0.534. The zero-order valence-corrected chi connectivity index (χ0v) is 7.56. The molecule has 0 aromatic rings. The van der Waals surface area contributed by atoms with Gasteiger partial charge in [-0.05, 0) is 0 Å². The smallest absolute Gasteiger partial charge is 0.301 e. The molecular weight excluding hydrogens is 183 g/mol. The minimum atomic E-state index is -0.900. The Balaban J connectivity index is 0. The first-order valence-corrected chi connectivity index (χ1v) is 2.06. The Kier molecular flexibility index (Phi) is 8.04. The number of carbonyl (C=O) groups is 1. The quantitative estimate of drug-likeness (QED) is 0.704. The van der Waals surface area contributed by atoms with Gasteiger partial charge in [-0.3, -0.25) is 4.79 Å². The van der Waals surface area contributed by atoms with E-state index in [1.807, 2.05) is 0 Å². The van der Waals surface area contributed by atoms with Crippen molar-refractivity contribution in [3.05, 3.63) is 5.73 Å². The molecule has 0 amide bonds. The van der Waals surface area contributed by atoms with Crippen molar-refractivity contribution >= 4 is 5.97 Å². The van der Waals surface area contributed by atoms with Crippen LogP contribution in [-0.4, -0.2) is 17.1 Å². The van der Waals surface area contributed by atoms with Crippen LogP contribution in [0.5, 0.6) is 0 Å². The molecule has 1 atom stereocenters. The SMILES string of the molecule is CC([NH-])CC(=O)O.[Y]. The van der Waals surface area contributed by atoms with Crippen molar-refractivity contribution in [2.24, 2.45) is 0 Å². The van der Waals surface area contributed by atoms with Gasteiger partial charge in [-0.2, -0.15) is 0 Å². The van der Waals surface area contributed by atoms with Crippen molar-refractivity contribution < 1.29 is 42.6 Å². The predicted octanol–water partition coefficient (Wildman–Crippen LogP) is 0.899. The molecule has 1 radical (unpaired) electrons. The van der Waals surface area contributed by atoms with Crippen molar-refractivity contribution in [2.45, 2.75) is 19.4 Å². The Labute approximate surface area is 73.5 Å². The van der Waals surface area contributed by atoms with Gasteiger partial charge in [-0.25, -0.2) is 0 Å². The van der Waals surface area contributed by atoms with Crippen LogP contribution in [0.4, 0.5) is 0 Å². The van der Waals surface area contributed by atoms with E-state index in [-0.39, 0.29) is 39.1 Å². The fourth-order valence-electron chi connectivity index (χ4n) is 0.262. The van der Waals surface area contributed by atoms with E-state index in [1.165, 1.54) is 0 Å². The molecule has 0 heterocycles. The van der Waals surface area contributed by atoms with Crippen LogP contribution < -0.4 is 0 Å². The fraction of sp³-hybridized carbons (Fsp3) is 0.750. The molecule has 0 saturated carbocycles. The molecule has 0 aromatic heterocycles. The Morgan fingerprint density at radius 3 is 2.25 bits per heavy atom. The van der Waals surface area contributed by atoms with Crippen LogP contribution >= 0.6 is 0 Å². The van der Waals surface area contributed by atoms with E-state index in [9.17, 15) is 4.79 Å². The van der Waals surface area contributed by atoms with Crippen LogP contribution in [0, 0.1) is 0 Å². The second-order valence-electron chi connectivity index (χ2n) is 1.50. The molecule has 0 aliphatic carbocycles. The molecule has 0 saturated heterocycles. The molecule has 0 rings (SSSR count). The van der Waals surface area contributed by atoms with Crippen molar-refractivity contribution in [3.8, 4) is 0 Å². The molecule has 0 bridgehead atoms. The van der Waals surface area contributed by atoms with Crippen LogP contribution in [0.1, 0.15) is 13.3 Å². The van der Waals surface area contributed by atoms with E-state index < -0.39 is 12.0 Å². The van der Waals surface area contributed by atoms with Crippen LogP contribution in [-0.2, 0) is 37.5 Å². The molecule has 3 nitrogen and oxygen atoms in total. The molecule has 0 aliphatic rings. The monoisotopic (exact) mass is 191 g/mol. The second kappa shape index (κ2) is 5.67. The summed E-state index contributed by atoms with van der Waals surface area (Å²) in [6.45, 7) is 1.55. The molecule has 8 heavy (non-hydrogen) atoms. The van der Waals surface area contributed by atoms with Crippen molar-refractivity contribution in [1.29, 1.82) is 0 Å². The number of rotatable bonds is 2. The normalized spacial score (nSPS) is 11.8. The second-order valence-corrected chi connectivity index (χ2v) is 1.50. The third-order valence-corrected chi connectivity index (χ3v) is 0.481. The van der Waals surface area contributed by atoms with Gasteiger partial charge in [0.1, 0.15) is 0 Å². The molecule has 2 N–H and O–H groups in total. The number of hydrogen-bond acceptors (Lipinski definition) is 1. The van der Waals surface area contributed by atoms with Gasteiger partial charge in [0.05, 0.1) is 0 Å². The van der Waals surface area contributed by atoms with Gasteiger partial charge < -0.3 is 10.8 Å². The van der Waals surface area contributed by atoms with Crippen molar-refractivity contribution in [1.82, 2.24) is 0 Å². The summed E-state index contributed by atoms with van der Waals surface area (Å²) in [5.41, 5.74) is 6.73. The summed E-state index contributed by atoms with van der Waals surface area (Å²) in [6, 6.07) is -0.475. The molecule has 0 aliphatic heterocycles. The van der Waals surface area contributed by atoms with Crippen LogP contribution in [0.3, 0.4) is 0 Å². The first-order valence-electron chi connectivity index (χ1n) is 2.06. The Morgan fingerprint density at radius 1 is 1.88 bits per heavy atom. The third-order valence-electron chi connectivity index (χ3n) is 0.481. The van der Waals surface area contributed by atoms with E-state index in [0.717, 1.165) is 0 Å². The zero-order valence-electron chi connectivity index (χ0n) is 4.72. The molecule has 0 aromatic carbocycles. The summed E-state index contributed by atoms with van der Waals surface area (Å²) in [7, 11) is 0.